The van der Waals surface area contributed by atoms with Gasteiger partial charge in [-0.1, -0.05) is 22.0 Å². The Morgan fingerprint density at radius 2 is 1.75 bits per heavy atom. The molecule has 108 valence electrons. The zero-order valence-electron chi connectivity index (χ0n) is 11.6. The van der Waals surface area contributed by atoms with Crippen LogP contribution in [0.4, 0.5) is 8.78 Å². The number of aromatic nitrogens is 3. The predicted octanol–water partition coefficient (Wildman–Crippen LogP) is 3.80. The van der Waals surface area contributed by atoms with Crippen molar-refractivity contribution in [3.05, 3.63) is 47.0 Å². The van der Waals surface area contributed by atoms with Gasteiger partial charge in [0.05, 0.1) is 5.33 Å². The molecule has 0 aliphatic heterocycles. The third-order valence-corrected chi connectivity index (χ3v) is 3.44. The first-order valence-electron chi connectivity index (χ1n) is 6.26. The van der Waals surface area contributed by atoms with Gasteiger partial charge >= 0.3 is 0 Å². The molecule has 0 fully saturated rings. The number of hydrogen-bond acceptors (Lipinski definition) is 2. The molecular weight excluding hydrogens is 328 g/mol. The lowest BCUT2D eigenvalue weighted by molar-refractivity contribution is 0.375. The summed E-state index contributed by atoms with van der Waals surface area (Å²) in [5.74, 6) is -0.134. The van der Waals surface area contributed by atoms with E-state index in [1.54, 1.807) is 6.07 Å². The topological polar surface area (TPSA) is 30.7 Å². The highest BCUT2D eigenvalue weighted by Gasteiger charge is 2.22. The average molecular weight is 344 g/mol. The zero-order valence-corrected chi connectivity index (χ0v) is 13.2. The molecule has 6 heteroatoms. The summed E-state index contributed by atoms with van der Waals surface area (Å²) in [5, 5.41) is 8.90. The molecule has 0 atom stereocenters. The fraction of sp³-hybridized carbons (Fsp3) is 0.429. The summed E-state index contributed by atoms with van der Waals surface area (Å²) in [4.78, 5) is 0. The van der Waals surface area contributed by atoms with E-state index in [2.05, 4.69) is 46.9 Å². The minimum Gasteiger partial charge on any atom is -0.309 e. The minimum absolute atomic E-state index is 0.180. The molecule has 0 unspecified atom stereocenters. The zero-order chi connectivity index (χ0) is 14.9. The summed E-state index contributed by atoms with van der Waals surface area (Å²) in [6, 6.07) is 3.90. The van der Waals surface area contributed by atoms with Crippen molar-refractivity contribution in [3.8, 4) is 0 Å². The van der Waals surface area contributed by atoms with Crippen molar-refractivity contribution in [2.24, 2.45) is 0 Å². The van der Waals surface area contributed by atoms with E-state index < -0.39 is 11.6 Å². The van der Waals surface area contributed by atoms with Gasteiger partial charge in [-0.25, -0.2) is 8.78 Å². The standard InChI is InChI=1S/C14H16BrF2N3/c1-14(2,3)20-12(18-19-13(20)8-15)7-9-4-5-10(16)11(17)6-9/h4-6H,7-8H2,1-3H3. The van der Waals surface area contributed by atoms with Crippen molar-refractivity contribution in [3.63, 3.8) is 0 Å². The molecule has 20 heavy (non-hydrogen) atoms. The Hall–Kier alpha value is -1.30. The Morgan fingerprint density at radius 3 is 2.30 bits per heavy atom. The Morgan fingerprint density at radius 1 is 1.10 bits per heavy atom. The van der Waals surface area contributed by atoms with Gasteiger partial charge in [0.25, 0.3) is 0 Å². The molecule has 0 aliphatic rings. The number of rotatable bonds is 3. The fourth-order valence-electron chi connectivity index (χ4n) is 2.16. The highest BCUT2D eigenvalue weighted by Crippen LogP contribution is 2.22. The number of benzene rings is 1. The number of hydrogen-bond donors (Lipinski definition) is 0. The Kier molecular flexibility index (Phi) is 4.22. The van der Waals surface area contributed by atoms with Gasteiger partial charge in [-0.15, -0.1) is 10.2 Å². The molecule has 0 amide bonds. The Bertz CT molecular complexity index is 617. The normalized spacial score (nSPS) is 11.9. The monoisotopic (exact) mass is 343 g/mol. The van der Waals surface area contributed by atoms with Crippen LogP contribution in [0.25, 0.3) is 0 Å². The Balaban J connectivity index is 2.38. The van der Waals surface area contributed by atoms with Crippen LogP contribution < -0.4 is 0 Å². The summed E-state index contributed by atoms with van der Waals surface area (Å²) in [6.45, 7) is 6.16. The molecule has 2 aromatic rings. The van der Waals surface area contributed by atoms with Crippen LogP contribution in [0.5, 0.6) is 0 Å². The van der Waals surface area contributed by atoms with Gasteiger partial charge in [0.2, 0.25) is 0 Å². The first-order valence-corrected chi connectivity index (χ1v) is 7.38. The summed E-state index contributed by atoms with van der Waals surface area (Å²) >= 11 is 3.39. The van der Waals surface area contributed by atoms with Crippen LogP contribution >= 0.6 is 15.9 Å². The van der Waals surface area contributed by atoms with Crippen LogP contribution in [0.3, 0.4) is 0 Å². The molecule has 1 aromatic carbocycles. The largest absolute Gasteiger partial charge is 0.309 e. The molecule has 0 bridgehead atoms. The summed E-state index contributed by atoms with van der Waals surface area (Å²) < 4.78 is 28.2. The maximum Gasteiger partial charge on any atom is 0.159 e. The van der Waals surface area contributed by atoms with E-state index in [9.17, 15) is 8.78 Å². The van der Waals surface area contributed by atoms with Gasteiger partial charge < -0.3 is 4.57 Å². The van der Waals surface area contributed by atoms with Gasteiger partial charge in [-0.2, -0.15) is 0 Å². The van der Waals surface area contributed by atoms with E-state index in [1.807, 2.05) is 4.57 Å². The maximum atomic E-state index is 13.3. The molecule has 0 N–H and O–H groups in total. The van der Waals surface area contributed by atoms with E-state index in [0.717, 1.165) is 17.7 Å². The molecule has 1 heterocycles. The smallest absolute Gasteiger partial charge is 0.159 e. The Labute approximate surface area is 125 Å². The quantitative estimate of drug-likeness (QED) is 0.793. The first-order chi connectivity index (χ1) is 9.32. The van der Waals surface area contributed by atoms with E-state index in [0.29, 0.717) is 17.3 Å². The van der Waals surface area contributed by atoms with Crippen LogP contribution in [-0.2, 0) is 17.3 Å². The molecule has 0 saturated heterocycles. The van der Waals surface area contributed by atoms with E-state index in [1.165, 1.54) is 6.07 Å². The van der Waals surface area contributed by atoms with E-state index >= 15 is 0 Å². The van der Waals surface area contributed by atoms with Crippen molar-refractivity contribution in [2.45, 2.75) is 38.1 Å². The highest BCUT2D eigenvalue weighted by molar-refractivity contribution is 9.08. The fourth-order valence-corrected chi connectivity index (χ4v) is 2.52. The SMILES string of the molecule is CC(C)(C)n1c(CBr)nnc1Cc1ccc(F)c(F)c1. The second-order valence-corrected chi connectivity index (χ2v) is 6.16. The third kappa shape index (κ3) is 3.06. The second kappa shape index (κ2) is 5.60. The van der Waals surface area contributed by atoms with Crippen molar-refractivity contribution in [1.82, 2.24) is 14.8 Å². The molecule has 0 radical (unpaired) electrons. The molecule has 1 aromatic heterocycles. The maximum absolute atomic E-state index is 13.3. The minimum atomic E-state index is -0.843. The molecule has 2 rings (SSSR count). The van der Waals surface area contributed by atoms with Crippen molar-refractivity contribution in [2.75, 3.05) is 0 Å². The van der Waals surface area contributed by atoms with Crippen LogP contribution in [0, 0.1) is 11.6 Å². The van der Waals surface area contributed by atoms with E-state index in [4.69, 9.17) is 0 Å². The van der Waals surface area contributed by atoms with Crippen LogP contribution in [0.15, 0.2) is 18.2 Å². The highest BCUT2D eigenvalue weighted by atomic mass is 79.9. The third-order valence-electron chi connectivity index (χ3n) is 2.93. The van der Waals surface area contributed by atoms with Crippen LogP contribution in [0.1, 0.15) is 38.0 Å². The summed E-state index contributed by atoms with van der Waals surface area (Å²) in [6.07, 6.45) is 0.411. The first kappa shape index (κ1) is 15.1. The number of nitrogens with zero attached hydrogens (tertiary/aromatic N) is 3. The lowest BCUT2D eigenvalue weighted by atomic mass is 10.1. The van der Waals surface area contributed by atoms with Gasteiger partial charge in [0, 0.05) is 12.0 Å². The molecule has 3 nitrogen and oxygen atoms in total. The summed E-state index contributed by atoms with van der Waals surface area (Å²) in [7, 11) is 0. The lowest BCUT2D eigenvalue weighted by Gasteiger charge is -2.24. The lowest BCUT2D eigenvalue weighted by Crippen LogP contribution is -2.26. The van der Waals surface area contributed by atoms with Crippen molar-refractivity contribution < 1.29 is 8.78 Å². The van der Waals surface area contributed by atoms with Gasteiger partial charge in [0.1, 0.15) is 11.6 Å². The van der Waals surface area contributed by atoms with Crippen molar-refractivity contribution in [1.29, 1.82) is 0 Å². The molecule has 0 aliphatic carbocycles. The second-order valence-electron chi connectivity index (χ2n) is 5.60. The number of alkyl halides is 1. The van der Waals surface area contributed by atoms with Gasteiger partial charge in [0.15, 0.2) is 11.6 Å². The molecule has 0 saturated carbocycles. The number of halogens is 3. The van der Waals surface area contributed by atoms with Gasteiger partial charge in [-0.3, -0.25) is 0 Å². The average Bonchev–Trinajstić information content (AvgIpc) is 2.76. The molecule has 0 spiro atoms. The predicted molar refractivity (Wildman–Crippen MR) is 76.8 cm³/mol. The van der Waals surface area contributed by atoms with E-state index in [-0.39, 0.29) is 5.54 Å². The van der Waals surface area contributed by atoms with Crippen LogP contribution in [0.2, 0.25) is 0 Å². The summed E-state index contributed by atoms with van der Waals surface area (Å²) in [5.41, 5.74) is 0.489. The van der Waals surface area contributed by atoms with Crippen LogP contribution in [-0.4, -0.2) is 14.8 Å². The van der Waals surface area contributed by atoms with Crippen molar-refractivity contribution >= 4 is 15.9 Å². The molecular formula is C14H16BrF2N3. The van der Waals surface area contributed by atoms with Gasteiger partial charge in [-0.05, 0) is 38.5 Å².